The van der Waals surface area contributed by atoms with Gasteiger partial charge >= 0.3 is 6.18 Å². The number of alkyl halides is 3. The van der Waals surface area contributed by atoms with Gasteiger partial charge < -0.3 is 25.0 Å². The monoisotopic (exact) mass is 510 g/mol. The molecule has 2 saturated heterocycles. The van der Waals surface area contributed by atoms with Crippen LogP contribution in [0.1, 0.15) is 30.9 Å². The molecule has 7 nitrogen and oxygen atoms in total. The van der Waals surface area contributed by atoms with Gasteiger partial charge in [0.15, 0.2) is 6.61 Å². The van der Waals surface area contributed by atoms with Gasteiger partial charge in [-0.25, -0.2) is 9.37 Å². The number of carbonyl (C=O) groups is 1. The number of hydrogen-bond donors (Lipinski definition) is 2. The van der Waals surface area contributed by atoms with Gasteiger partial charge in [0.05, 0.1) is 12.0 Å². The van der Waals surface area contributed by atoms with E-state index in [9.17, 15) is 27.5 Å². The highest BCUT2D eigenvalue weighted by atomic mass is 19.4. The summed E-state index contributed by atoms with van der Waals surface area (Å²) < 4.78 is 55.0. The van der Waals surface area contributed by atoms with Crippen molar-refractivity contribution in [3.05, 3.63) is 54.0 Å². The minimum absolute atomic E-state index is 0.180. The zero-order valence-electron chi connectivity index (χ0n) is 19.8. The zero-order chi connectivity index (χ0) is 25.7. The molecule has 2 fully saturated rings. The number of nitrogens with zero attached hydrogens (tertiary/aromatic N) is 3. The van der Waals surface area contributed by atoms with Crippen LogP contribution in [0.25, 0.3) is 0 Å². The van der Waals surface area contributed by atoms with Crippen LogP contribution in [0, 0.1) is 11.7 Å². The van der Waals surface area contributed by atoms with Crippen molar-refractivity contribution >= 4 is 11.6 Å². The molecule has 2 aromatic rings. The Hall–Kier alpha value is -2.92. The van der Waals surface area contributed by atoms with Gasteiger partial charge in [-0.1, -0.05) is 0 Å². The molecule has 2 aliphatic heterocycles. The molecule has 2 N–H and O–H groups in total. The van der Waals surface area contributed by atoms with E-state index in [1.165, 1.54) is 30.5 Å². The minimum Gasteiger partial charge on any atom is -0.468 e. The number of aliphatic hydroxyl groups is 1. The highest BCUT2D eigenvalue weighted by molar-refractivity contribution is 5.80. The molecule has 0 unspecified atom stereocenters. The average Bonchev–Trinajstić information content (AvgIpc) is 3.55. The van der Waals surface area contributed by atoms with E-state index in [0.717, 1.165) is 31.6 Å². The summed E-state index contributed by atoms with van der Waals surface area (Å²) in [6.07, 6.45) is -1.60. The maximum absolute atomic E-state index is 13.2. The molecule has 3 heterocycles. The van der Waals surface area contributed by atoms with Gasteiger partial charge in [0.2, 0.25) is 11.8 Å². The molecule has 0 spiro atoms. The van der Waals surface area contributed by atoms with E-state index < -0.39 is 24.9 Å². The van der Waals surface area contributed by atoms with Crippen molar-refractivity contribution in [1.29, 1.82) is 0 Å². The Morgan fingerprint density at radius 2 is 1.86 bits per heavy atom. The third kappa shape index (κ3) is 7.07. The summed E-state index contributed by atoms with van der Waals surface area (Å²) in [6.45, 7) is 1.86. The molecule has 4 rings (SSSR count). The molecule has 0 bridgehead atoms. The molecule has 36 heavy (non-hydrogen) atoms. The Morgan fingerprint density at radius 3 is 2.50 bits per heavy atom. The molecule has 11 heteroatoms. The fraction of sp³-hybridized carbons (Fsp3) is 0.520. The van der Waals surface area contributed by atoms with Crippen molar-refractivity contribution in [2.24, 2.45) is 5.92 Å². The fourth-order valence-corrected chi connectivity index (χ4v) is 4.67. The second kappa shape index (κ2) is 11.4. The number of nitrogens with one attached hydrogen (secondary N) is 1. The molecule has 1 aromatic heterocycles. The van der Waals surface area contributed by atoms with Gasteiger partial charge in [-0.2, -0.15) is 13.2 Å². The number of amides is 1. The molecule has 3 atom stereocenters. The van der Waals surface area contributed by atoms with Crippen LogP contribution in [0.15, 0.2) is 42.6 Å². The van der Waals surface area contributed by atoms with E-state index in [-0.39, 0.29) is 23.5 Å². The summed E-state index contributed by atoms with van der Waals surface area (Å²) in [7, 11) is 0. The van der Waals surface area contributed by atoms with Gasteiger partial charge in [0.25, 0.3) is 0 Å². The third-order valence-corrected chi connectivity index (χ3v) is 6.60. The number of pyridine rings is 1. The van der Waals surface area contributed by atoms with Crippen LogP contribution in [0.4, 0.5) is 23.2 Å². The summed E-state index contributed by atoms with van der Waals surface area (Å²) >= 11 is 0. The SMILES string of the molecule is O=C(N[C@H](CN1CCCC1)[C@H](O)c1ccc(OCC(F)(F)F)nc1)[C@H]1CCN(c2ccc(F)cc2)C1. The number of ether oxygens (including phenoxy) is 1. The van der Waals surface area contributed by atoms with Crippen molar-refractivity contribution in [1.82, 2.24) is 15.2 Å². The molecule has 0 radical (unpaired) electrons. The van der Waals surface area contributed by atoms with Crippen LogP contribution in [-0.2, 0) is 4.79 Å². The van der Waals surface area contributed by atoms with Crippen molar-refractivity contribution in [2.75, 3.05) is 44.2 Å². The molecule has 0 saturated carbocycles. The van der Waals surface area contributed by atoms with E-state index in [2.05, 4.69) is 19.9 Å². The molecular weight excluding hydrogens is 480 g/mol. The lowest BCUT2D eigenvalue weighted by molar-refractivity contribution is -0.154. The van der Waals surface area contributed by atoms with Gasteiger partial charge in [-0.15, -0.1) is 0 Å². The zero-order valence-corrected chi connectivity index (χ0v) is 19.8. The lowest BCUT2D eigenvalue weighted by Gasteiger charge is -2.29. The maximum Gasteiger partial charge on any atom is 0.422 e. The lowest BCUT2D eigenvalue weighted by Crippen LogP contribution is -2.48. The summed E-state index contributed by atoms with van der Waals surface area (Å²) in [6, 6.07) is 8.25. The number of aliphatic hydroxyl groups excluding tert-OH is 1. The number of rotatable bonds is 9. The van der Waals surface area contributed by atoms with Crippen LogP contribution in [-0.4, -0.2) is 72.4 Å². The second-order valence-electron chi connectivity index (χ2n) is 9.31. The summed E-state index contributed by atoms with van der Waals surface area (Å²) in [4.78, 5) is 21.2. The lowest BCUT2D eigenvalue weighted by atomic mass is 10.0. The number of hydrogen-bond acceptors (Lipinski definition) is 6. The van der Waals surface area contributed by atoms with Gasteiger partial charge in [-0.3, -0.25) is 4.79 Å². The first-order chi connectivity index (χ1) is 17.2. The highest BCUT2D eigenvalue weighted by Crippen LogP contribution is 2.26. The first-order valence-corrected chi connectivity index (χ1v) is 12.0. The average molecular weight is 511 g/mol. The topological polar surface area (TPSA) is 77.9 Å². The number of anilines is 1. The van der Waals surface area contributed by atoms with E-state index >= 15 is 0 Å². The normalized spacial score (nSPS) is 20.4. The standard InChI is InChI=1S/C25H30F4N4O3/c26-19-4-6-20(7-5-19)33-12-9-18(14-33)24(35)31-21(15-32-10-1-2-11-32)23(34)17-3-8-22(30-13-17)36-16-25(27,28)29/h3-8,13,18,21,23,34H,1-2,9-12,14-16H2,(H,31,35)/t18-,21+,23+/m0/s1. The van der Waals surface area contributed by atoms with Crippen molar-refractivity contribution in [2.45, 2.75) is 37.6 Å². The highest BCUT2D eigenvalue weighted by Gasteiger charge is 2.33. The van der Waals surface area contributed by atoms with Crippen LogP contribution < -0.4 is 15.0 Å². The van der Waals surface area contributed by atoms with E-state index in [1.54, 1.807) is 12.1 Å². The van der Waals surface area contributed by atoms with E-state index in [4.69, 9.17) is 0 Å². The summed E-state index contributed by atoms with van der Waals surface area (Å²) in [5.41, 5.74) is 1.22. The van der Waals surface area contributed by atoms with Crippen molar-refractivity contribution < 1.29 is 32.2 Å². The van der Waals surface area contributed by atoms with E-state index in [0.29, 0.717) is 31.6 Å². The van der Waals surface area contributed by atoms with Crippen LogP contribution >= 0.6 is 0 Å². The molecular formula is C25H30F4N4O3. The third-order valence-electron chi connectivity index (χ3n) is 6.60. The first-order valence-electron chi connectivity index (χ1n) is 12.0. The van der Waals surface area contributed by atoms with Gasteiger partial charge in [0.1, 0.15) is 11.9 Å². The fourth-order valence-electron chi connectivity index (χ4n) is 4.67. The maximum atomic E-state index is 13.2. The Morgan fingerprint density at radius 1 is 1.14 bits per heavy atom. The second-order valence-corrected chi connectivity index (χ2v) is 9.31. The predicted octanol–water partition coefficient (Wildman–Crippen LogP) is 3.30. The summed E-state index contributed by atoms with van der Waals surface area (Å²) in [5.74, 6) is -0.990. The number of aromatic nitrogens is 1. The van der Waals surface area contributed by atoms with Gasteiger partial charge in [0, 0.05) is 43.1 Å². The van der Waals surface area contributed by atoms with Gasteiger partial charge in [-0.05, 0) is 62.7 Å². The smallest absolute Gasteiger partial charge is 0.422 e. The van der Waals surface area contributed by atoms with Crippen molar-refractivity contribution in [3.63, 3.8) is 0 Å². The number of likely N-dealkylation sites (tertiary alicyclic amines) is 1. The van der Waals surface area contributed by atoms with Crippen LogP contribution in [0.2, 0.25) is 0 Å². The Bertz CT molecular complexity index is 998. The molecule has 1 aromatic carbocycles. The van der Waals surface area contributed by atoms with E-state index in [1.807, 2.05) is 4.90 Å². The quantitative estimate of drug-likeness (QED) is 0.505. The number of halogens is 4. The molecule has 2 aliphatic rings. The van der Waals surface area contributed by atoms with Crippen LogP contribution in [0.3, 0.4) is 0 Å². The molecule has 1 amide bonds. The summed E-state index contributed by atoms with van der Waals surface area (Å²) in [5, 5.41) is 14.1. The van der Waals surface area contributed by atoms with Crippen molar-refractivity contribution in [3.8, 4) is 5.88 Å². The predicted molar refractivity (Wildman–Crippen MR) is 125 cm³/mol. The Labute approximate surface area is 207 Å². The Balaban J connectivity index is 1.40. The first kappa shape index (κ1) is 26.2. The minimum atomic E-state index is -4.47. The largest absolute Gasteiger partial charge is 0.468 e. The molecule has 0 aliphatic carbocycles. The Kier molecular flexibility index (Phi) is 8.30. The number of carbonyl (C=O) groups excluding carboxylic acids is 1. The number of benzene rings is 1. The molecule has 196 valence electrons. The van der Waals surface area contributed by atoms with Crippen LogP contribution in [0.5, 0.6) is 5.88 Å².